The molecule has 0 aliphatic carbocycles. The zero-order chi connectivity index (χ0) is 19.1. The van der Waals surface area contributed by atoms with Gasteiger partial charge in [0, 0.05) is 12.2 Å². The van der Waals surface area contributed by atoms with Gasteiger partial charge >= 0.3 is 5.97 Å². The normalized spacial score (nSPS) is 24.5. The molecular formula is C18H21ClN2O4S. The molecule has 2 aliphatic heterocycles. The summed E-state index contributed by atoms with van der Waals surface area (Å²) in [5.41, 5.74) is 2.34. The summed E-state index contributed by atoms with van der Waals surface area (Å²) in [6.07, 6.45) is 1.17. The van der Waals surface area contributed by atoms with Crippen LogP contribution in [0.2, 0.25) is 5.02 Å². The van der Waals surface area contributed by atoms with E-state index in [1.165, 1.54) is 0 Å². The first-order chi connectivity index (χ1) is 12.2. The average molecular weight is 397 g/mol. The van der Waals surface area contributed by atoms with Crippen molar-refractivity contribution in [2.75, 3.05) is 17.7 Å². The second-order valence-electron chi connectivity index (χ2n) is 6.86. The molecule has 3 rings (SSSR count). The molecule has 26 heavy (non-hydrogen) atoms. The highest BCUT2D eigenvalue weighted by molar-refractivity contribution is 8.01. The molecule has 2 atom stereocenters. The molecule has 0 radical (unpaired) electrons. The number of esters is 1. The first kappa shape index (κ1) is 19.0. The fourth-order valence-electron chi connectivity index (χ4n) is 3.48. The number of hydrogen-bond donors (Lipinski definition) is 1. The third kappa shape index (κ3) is 3.55. The van der Waals surface area contributed by atoms with E-state index in [0.717, 1.165) is 17.5 Å². The van der Waals surface area contributed by atoms with E-state index >= 15 is 0 Å². The van der Waals surface area contributed by atoms with Gasteiger partial charge < -0.3 is 15.0 Å². The Balaban J connectivity index is 1.58. The van der Waals surface area contributed by atoms with Crippen molar-refractivity contribution in [1.29, 1.82) is 0 Å². The summed E-state index contributed by atoms with van der Waals surface area (Å²) in [6, 6.07) is 3.03. The Hall–Kier alpha value is -1.73. The van der Waals surface area contributed by atoms with Crippen molar-refractivity contribution in [2.24, 2.45) is 0 Å². The van der Waals surface area contributed by atoms with E-state index < -0.39 is 24.5 Å². The van der Waals surface area contributed by atoms with E-state index in [9.17, 15) is 14.4 Å². The maximum atomic E-state index is 12.4. The minimum Gasteiger partial charge on any atom is -0.454 e. The number of amides is 2. The summed E-state index contributed by atoms with van der Waals surface area (Å²) in [6.45, 7) is 5.31. The minimum atomic E-state index is -0.627. The van der Waals surface area contributed by atoms with Crippen LogP contribution < -0.4 is 5.32 Å². The van der Waals surface area contributed by atoms with Crippen molar-refractivity contribution < 1.29 is 19.1 Å². The van der Waals surface area contributed by atoms with Gasteiger partial charge in [-0.15, -0.1) is 11.8 Å². The monoisotopic (exact) mass is 396 g/mol. The van der Waals surface area contributed by atoms with Gasteiger partial charge in [-0.25, -0.2) is 4.79 Å². The highest BCUT2D eigenvalue weighted by Gasteiger charge is 2.53. The Bertz CT molecular complexity index is 761. The highest BCUT2D eigenvalue weighted by Crippen LogP contribution is 2.47. The molecule has 0 unspecified atom stereocenters. The van der Waals surface area contributed by atoms with Crippen molar-refractivity contribution in [3.63, 3.8) is 0 Å². The van der Waals surface area contributed by atoms with Crippen LogP contribution in [0.25, 0.3) is 0 Å². The molecule has 140 valence electrons. The first-order valence-electron chi connectivity index (χ1n) is 8.40. The largest absolute Gasteiger partial charge is 0.454 e. The average Bonchev–Trinajstić information content (AvgIpc) is 3.05. The maximum absolute atomic E-state index is 12.4. The number of hydrogen-bond acceptors (Lipinski definition) is 5. The molecule has 6 nitrogen and oxygen atoms in total. The van der Waals surface area contributed by atoms with E-state index in [1.54, 1.807) is 22.7 Å². The van der Waals surface area contributed by atoms with Gasteiger partial charge in [-0.1, -0.05) is 17.7 Å². The SMILES string of the molecule is Cc1cc(C)c(NC(=O)COC(=O)[C@H]2CS[C@@]3(C)CCC(=O)N23)c(Cl)c1. The standard InChI is InChI=1S/C18H21ClN2O4S/c1-10-6-11(2)16(12(19)7-10)20-14(22)8-25-17(24)13-9-26-18(3)5-4-15(23)21(13)18/h6-7,13H,4-5,8-9H2,1-3H3,(H,20,22)/t13-,18+/m1/s1. The van der Waals surface area contributed by atoms with E-state index in [-0.39, 0.29) is 10.8 Å². The Labute approximate surface area is 161 Å². The maximum Gasteiger partial charge on any atom is 0.330 e. The molecule has 1 N–H and O–H groups in total. The number of anilines is 1. The van der Waals surface area contributed by atoms with E-state index in [0.29, 0.717) is 22.9 Å². The van der Waals surface area contributed by atoms with Gasteiger partial charge in [0.25, 0.3) is 5.91 Å². The predicted molar refractivity (Wildman–Crippen MR) is 101 cm³/mol. The number of carbonyl (C=O) groups is 3. The van der Waals surface area contributed by atoms with Gasteiger partial charge in [0.1, 0.15) is 6.04 Å². The number of halogens is 1. The molecule has 0 spiro atoms. The van der Waals surface area contributed by atoms with Gasteiger partial charge in [-0.3, -0.25) is 9.59 Å². The number of rotatable bonds is 4. The van der Waals surface area contributed by atoms with Gasteiger partial charge in [-0.2, -0.15) is 0 Å². The number of fused-ring (bicyclic) bond motifs is 1. The van der Waals surface area contributed by atoms with Crippen LogP contribution in [-0.2, 0) is 19.1 Å². The molecule has 8 heteroatoms. The molecule has 2 heterocycles. The Kier molecular flexibility index (Phi) is 5.21. The van der Waals surface area contributed by atoms with Crippen LogP contribution in [-0.4, -0.2) is 46.0 Å². The molecule has 2 saturated heterocycles. The molecule has 1 aromatic carbocycles. The third-order valence-corrected chi connectivity index (χ3v) is 6.56. The summed E-state index contributed by atoms with van der Waals surface area (Å²) >= 11 is 7.75. The molecule has 0 bridgehead atoms. The van der Waals surface area contributed by atoms with Crippen molar-refractivity contribution in [3.05, 3.63) is 28.3 Å². The number of thioether (sulfide) groups is 1. The Morgan fingerprint density at radius 3 is 2.85 bits per heavy atom. The molecule has 1 aromatic rings. The second kappa shape index (κ2) is 7.12. The summed E-state index contributed by atoms with van der Waals surface area (Å²) in [7, 11) is 0. The summed E-state index contributed by atoms with van der Waals surface area (Å²) in [5.74, 6) is -0.552. The van der Waals surface area contributed by atoms with E-state index in [1.807, 2.05) is 26.8 Å². The molecule has 2 fully saturated rings. The fraction of sp³-hybridized carbons (Fsp3) is 0.500. The molecular weight excluding hydrogens is 376 g/mol. The van der Waals surface area contributed by atoms with Crippen LogP contribution in [0.1, 0.15) is 30.9 Å². The number of ether oxygens (including phenoxy) is 1. The second-order valence-corrected chi connectivity index (χ2v) is 8.77. The lowest BCUT2D eigenvalue weighted by atomic mass is 10.1. The van der Waals surface area contributed by atoms with Crippen LogP contribution in [0.3, 0.4) is 0 Å². The number of nitrogens with zero attached hydrogens (tertiary/aromatic N) is 1. The van der Waals surface area contributed by atoms with Crippen LogP contribution in [0.5, 0.6) is 0 Å². The number of nitrogens with one attached hydrogen (secondary N) is 1. The Morgan fingerprint density at radius 1 is 1.42 bits per heavy atom. The third-order valence-electron chi connectivity index (χ3n) is 4.76. The van der Waals surface area contributed by atoms with Crippen LogP contribution in [0.4, 0.5) is 5.69 Å². The van der Waals surface area contributed by atoms with E-state index in [2.05, 4.69) is 5.32 Å². The molecule has 0 saturated carbocycles. The van der Waals surface area contributed by atoms with Gasteiger partial charge in [-0.05, 0) is 44.4 Å². The Morgan fingerprint density at radius 2 is 2.15 bits per heavy atom. The number of carbonyl (C=O) groups excluding carboxylic acids is 3. The lowest BCUT2D eigenvalue weighted by molar-refractivity contribution is -0.155. The van der Waals surface area contributed by atoms with Gasteiger partial charge in [0.2, 0.25) is 5.91 Å². The summed E-state index contributed by atoms with van der Waals surface area (Å²) < 4.78 is 5.16. The predicted octanol–water partition coefficient (Wildman–Crippen LogP) is 2.89. The minimum absolute atomic E-state index is 0.0361. The van der Waals surface area contributed by atoms with Crippen molar-refractivity contribution >= 4 is 46.8 Å². The van der Waals surface area contributed by atoms with Crippen LogP contribution in [0.15, 0.2) is 12.1 Å². The zero-order valence-electron chi connectivity index (χ0n) is 14.9. The molecule has 2 amide bonds. The quantitative estimate of drug-likeness (QED) is 0.792. The highest BCUT2D eigenvalue weighted by atomic mass is 35.5. The zero-order valence-corrected chi connectivity index (χ0v) is 16.5. The summed E-state index contributed by atoms with van der Waals surface area (Å²) in [5, 5.41) is 3.12. The lowest BCUT2D eigenvalue weighted by Gasteiger charge is -2.29. The van der Waals surface area contributed by atoms with Crippen molar-refractivity contribution in [2.45, 2.75) is 44.5 Å². The van der Waals surface area contributed by atoms with Crippen LogP contribution in [0, 0.1) is 13.8 Å². The summed E-state index contributed by atoms with van der Waals surface area (Å²) in [4.78, 5) is 37.9. The lowest BCUT2D eigenvalue weighted by Crippen LogP contribution is -2.47. The smallest absolute Gasteiger partial charge is 0.330 e. The first-order valence-corrected chi connectivity index (χ1v) is 9.77. The van der Waals surface area contributed by atoms with Gasteiger partial charge in [0.15, 0.2) is 6.61 Å². The number of benzene rings is 1. The molecule has 2 aliphatic rings. The van der Waals surface area contributed by atoms with Crippen molar-refractivity contribution in [1.82, 2.24) is 4.90 Å². The fourth-order valence-corrected chi connectivity index (χ4v) is 5.26. The topological polar surface area (TPSA) is 75.7 Å². The van der Waals surface area contributed by atoms with Crippen molar-refractivity contribution in [3.8, 4) is 0 Å². The van der Waals surface area contributed by atoms with E-state index in [4.69, 9.17) is 16.3 Å². The molecule has 0 aromatic heterocycles. The van der Waals surface area contributed by atoms with Gasteiger partial charge in [0.05, 0.1) is 15.6 Å². The van der Waals surface area contributed by atoms with Crippen LogP contribution >= 0.6 is 23.4 Å². The number of aryl methyl sites for hydroxylation is 2.